The van der Waals surface area contributed by atoms with Crippen LogP contribution in [0.1, 0.15) is 18.1 Å². The van der Waals surface area contributed by atoms with E-state index in [1.165, 1.54) is 10.9 Å². The summed E-state index contributed by atoms with van der Waals surface area (Å²) in [5.74, 6) is 1.46. The minimum absolute atomic E-state index is 0.210. The molecule has 1 unspecified atom stereocenters. The molecule has 0 amide bonds. The number of aromatic amines is 1. The van der Waals surface area contributed by atoms with Gasteiger partial charge in [-0.2, -0.15) is 0 Å². The first-order valence-electron chi connectivity index (χ1n) is 10.1. The molecular formula is C23H30N4O2. The summed E-state index contributed by atoms with van der Waals surface area (Å²) in [6.07, 6.45) is 2.27. The number of nitrogens with one attached hydrogen (secondary N) is 3. The van der Waals surface area contributed by atoms with Gasteiger partial charge in [-0.05, 0) is 49.6 Å². The number of rotatable bonds is 9. The number of H-pyrrole nitrogens is 1. The Labute approximate surface area is 172 Å². The summed E-state index contributed by atoms with van der Waals surface area (Å²) in [7, 11) is 0. The zero-order chi connectivity index (χ0) is 20.5. The van der Waals surface area contributed by atoms with Gasteiger partial charge in [-0.25, -0.2) is 0 Å². The fourth-order valence-corrected chi connectivity index (χ4v) is 3.14. The highest BCUT2D eigenvalue weighted by Gasteiger charge is 2.07. The van der Waals surface area contributed by atoms with E-state index in [4.69, 9.17) is 4.74 Å². The zero-order valence-corrected chi connectivity index (χ0v) is 17.1. The van der Waals surface area contributed by atoms with E-state index in [9.17, 15) is 5.11 Å². The summed E-state index contributed by atoms with van der Waals surface area (Å²) in [5.41, 5.74) is 3.55. The number of ether oxygens (including phenoxy) is 1. The van der Waals surface area contributed by atoms with Crippen molar-refractivity contribution in [2.75, 3.05) is 26.2 Å². The minimum Gasteiger partial charge on any atom is -0.491 e. The lowest BCUT2D eigenvalue weighted by Crippen LogP contribution is -2.39. The molecule has 1 atom stereocenters. The molecule has 6 heteroatoms. The number of para-hydroxylation sites is 1. The lowest BCUT2D eigenvalue weighted by Gasteiger charge is -2.14. The van der Waals surface area contributed by atoms with Crippen LogP contribution in [0.4, 0.5) is 0 Å². The molecule has 3 aromatic rings. The van der Waals surface area contributed by atoms with E-state index in [1.807, 2.05) is 44.2 Å². The lowest BCUT2D eigenvalue weighted by atomic mass is 10.1. The highest BCUT2D eigenvalue weighted by molar-refractivity contribution is 5.83. The molecule has 3 rings (SSSR count). The van der Waals surface area contributed by atoms with Crippen molar-refractivity contribution in [2.24, 2.45) is 4.99 Å². The maximum atomic E-state index is 10.2. The first-order valence-corrected chi connectivity index (χ1v) is 10.1. The zero-order valence-electron chi connectivity index (χ0n) is 17.1. The molecular weight excluding hydrogens is 364 g/mol. The number of aliphatic hydroxyl groups is 1. The number of aliphatic hydroxyl groups excluding tert-OH is 1. The lowest BCUT2D eigenvalue weighted by molar-refractivity contribution is 0.114. The van der Waals surface area contributed by atoms with E-state index >= 15 is 0 Å². The van der Waals surface area contributed by atoms with E-state index in [0.717, 1.165) is 36.3 Å². The van der Waals surface area contributed by atoms with Crippen LogP contribution in [0.3, 0.4) is 0 Å². The van der Waals surface area contributed by atoms with Crippen molar-refractivity contribution in [3.63, 3.8) is 0 Å². The van der Waals surface area contributed by atoms with Crippen LogP contribution in [0.2, 0.25) is 0 Å². The molecule has 29 heavy (non-hydrogen) atoms. The average molecular weight is 395 g/mol. The van der Waals surface area contributed by atoms with Crippen LogP contribution < -0.4 is 15.4 Å². The van der Waals surface area contributed by atoms with Crippen molar-refractivity contribution in [2.45, 2.75) is 26.4 Å². The Kier molecular flexibility index (Phi) is 7.53. The molecule has 154 valence electrons. The van der Waals surface area contributed by atoms with E-state index in [1.54, 1.807) is 0 Å². The number of benzene rings is 2. The normalized spacial score (nSPS) is 12.7. The maximum Gasteiger partial charge on any atom is 0.191 e. The number of hydrogen-bond acceptors (Lipinski definition) is 3. The van der Waals surface area contributed by atoms with Gasteiger partial charge in [-0.15, -0.1) is 0 Å². The van der Waals surface area contributed by atoms with E-state index in [-0.39, 0.29) is 13.2 Å². The number of fused-ring (bicyclic) bond motifs is 1. The Morgan fingerprint density at radius 1 is 1.17 bits per heavy atom. The molecule has 0 fully saturated rings. The van der Waals surface area contributed by atoms with Crippen LogP contribution in [-0.4, -0.2) is 48.4 Å². The van der Waals surface area contributed by atoms with Crippen molar-refractivity contribution >= 4 is 16.9 Å². The topological polar surface area (TPSA) is 81.7 Å². The van der Waals surface area contributed by atoms with Gasteiger partial charge in [0, 0.05) is 30.2 Å². The Morgan fingerprint density at radius 2 is 2.03 bits per heavy atom. The number of aromatic nitrogens is 1. The van der Waals surface area contributed by atoms with Crippen LogP contribution in [0.5, 0.6) is 5.75 Å². The van der Waals surface area contributed by atoms with Gasteiger partial charge in [0.25, 0.3) is 0 Å². The number of hydrogen-bond donors (Lipinski definition) is 4. The van der Waals surface area contributed by atoms with Crippen molar-refractivity contribution in [3.8, 4) is 5.75 Å². The minimum atomic E-state index is -0.667. The molecule has 4 N–H and O–H groups in total. The molecule has 0 aliphatic rings. The third-order valence-corrected chi connectivity index (χ3v) is 4.60. The number of nitrogens with zero attached hydrogens (tertiary/aromatic N) is 1. The fourth-order valence-electron chi connectivity index (χ4n) is 3.14. The summed E-state index contributed by atoms with van der Waals surface area (Å²) in [6, 6.07) is 16.1. The van der Waals surface area contributed by atoms with E-state index < -0.39 is 6.10 Å². The molecule has 0 saturated carbocycles. The van der Waals surface area contributed by atoms with Crippen molar-refractivity contribution < 1.29 is 9.84 Å². The average Bonchev–Trinajstić information content (AvgIpc) is 3.14. The Bertz CT molecular complexity index is 935. The molecule has 1 aromatic heterocycles. The quantitative estimate of drug-likeness (QED) is 0.332. The van der Waals surface area contributed by atoms with Gasteiger partial charge < -0.3 is 25.5 Å². The smallest absolute Gasteiger partial charge is 0.191 e. The Hall–Kier alpha value is -2.99. The summed E-state index contributed by atoms with van der Waals surface area (Å²) >= 11 is 0. The molecule has 1 heterocycles. The summed E-state index contributed by atoms with van der Waals surface area (Å²) in [4.78, 5) is 7.78. The van der Waals surface area contributed by atoms with Gasteiger partial charge >= 0.3 is 0 Å². The SMILES string of the molecule is CCNC(=NCC(O)COc1cccc(C)c1)NCCc1c[nH]c2ccccc12. The standard InChI is InChI=1S/C23H30N4O2/c1-3-24-23(25-12-11-18-14-26-22-10-5-4-9-21(18)22)27-15-19(28)16-29-20-8-6-7-17(2)13-20/h4-10,13-14,19,26,28H,3,11-12,15-16H2,1-2H3,(H2,24,25,27). The Balaban J connectivity index is 1.47. The third-order valence-electron chi connectivity index (χ3n) is 4.60. The third kappa shape index (κ3) is 6.26. The van der Waals surface area contributed by atoms with Crippen molar-refractivity contribution in [1.82, 2.24) is 15.6 Å². The molecule has 0 spiro atoms. The molecule has 0 aliphatic carbocycles. The summed E-state index contributed by atoms with van der Waals surface area (Å²) in [5, 5.41) is 18.0. The Morgan fingerprint density at radius 3 is 2.86 bits per heavy atom. The van der Waals surface area contributed by atoms with Gasteiger partial charge in [0.1, 0.15) is 18.5 Å². The number of aryl methyl sites for hydroxylation is 1. The predicted octanol–water partition coefficient (Wildman–Crippen LogP) is 3.01. The molecule has 0 saturated heterocycles. The largest absolute Gasteiger partial charge is 0.491 e. The predicted molar refractivity (Wildman–Crippen MR) is 119 cm³/mol. The molecule has 6 nitrogen and oxygen atoms in total. The summed E-state index contributed by atoms with van der Waals surface area (Å²) < 4.78 is 5.65. The van der Waals surface area contributed by atoms with Gasteiger partial charge in [-0.1, -0.05) is 30.3 Å². The maximum absolute atomic E-state index is 10.2. The van der Waals surface area contributed by atoms with Crippen LogP contribution in [0.15, 0.2) is 59.7 Å². The van der Waals surface area contributed by atoms with Crippen LogP contribution in [-0.2, 0) is 6.42 Å². The van der Waals surface area contributed by atoms with E-state index in [2.05, 4.69) is 45.0 Å². The number of guanidine groups is 1. The second kappa shape index (κ2) is 10.5. The van der Waals surface area contributed by atoms with Crippen molar-refractivity contribution in [1.29, 1.82) is 0 Å². The van der Waals surface area contributed by atoms with Gasteiger partial charge in [0.2, 0.25) is 0 Å². The van der Waals surface area contributed by atoms with Crippen LogP contribution in [0.25, 0.3) is 10.9 Å². The van der Waals surface area contributed by atoms with Gasteiger partial charge in [-0.3, -0.25) is 4.99 Å². The van der Waals surface area contributed by atoms with E-state index in [0.29, 0.717) is 5.96 Å². The monoisotopic (exact) mass is 394 g/mol. The van der Waals surface area contributed by atoms with Crippen LogP contribution in [0, 0.1) is 6.92 Å². The highest BCUT2D eigenvalue weighted by Crippen LogP contribution is 2.17. The number of aliphatic imine (C=N–C) groups is 1. The molecule has 0 radical (unpaired) electrons. The first-order chi connectivity index (χ1) is 14.2. The van der Waals surface area contributed by atoms with Crippen molar-refractivity contribution in [3.05, 3.63) is 65.9 Å². The van der Waals surface area contributed by atoms with Gasteiger partial charge in [0.05, 0.1) is 6.54 Å². The second-order valence-electron chi connectivity index (χ2n) is 7.04. The highest BCUT2D eigenvalue weighted by atomic mass is 16.5. The van der Waals surface area contributed by atoms with Crippen LogP contribution >= 0.6 is 0 Å². The first kappa shape index (κ1) is 20.7. The molecule has 0 aliphatic heterocycles. The fraction of sp³-hybridized carbons (Fsp3) is 0.348. The molecule has 2 aromatic carbocycles. The summed E-state index contributed by atoms with van der Waals surface area (Å²) in [6.45, 7) is 6.03. The molecule has 0 bridgehead atoms. The van der Waals surface area contributed by atoms with Gasteiger partial charge in [0.15, 0.2) is 5.96 Å². The second-order valence-corrected chi connectivity index (χ2v) is 7.04.